The Labute approximate surface area is 72.8 Å². The van der Waals surface area contributed by atoms with Crippen molar-refractivity contribution in [1.29, 1.82) is 0 Å². The molecule has 0 N–H and O–H groups in total. The Morgan fingerprint density at radius 3 is 2.67 bits per heavy atom. The highest BCUT2D eigenvalue weighted by atomic mass is 16.1. The van der Waals surface area contributed by atoms with Crippen LogP contribution < -0.4 is 5.56 Å². The van der Waals surface area contributed by atoms with Crippen LogP contribution in [0.2, 0.25) is 0 Å². The summed E-state index contributed by atoms with van der Waals surface area (Å²) in [7, 11) is 0. The quantitative estimate of drug-likeness (QED) is 0.655. The number of hydrogen-bond donors (Lipinski definition) is 0. The molecule has 1 aromatic heterocycles. The molecule has 12 heavy (non-hydrogen) atoms. The average molecular weight is 165 g/mol. The Balaban J connectivity index is 2.94. The van der Waals surface area contributed by atoms with Crippen molar-refractivity contribution in [3.05, 3.63) is 34.2 Å². The van der Waals surface area contributed by atoms with Crippen LogP contribution in [0, 0.1) is 12.8 Å². The van der Waals surface area contributed by atoms with Crippen LogP contribution in [0.3, 0.4) is 0 Å². The van der Waals surface area contributed by atoms with Crippen LogP contribution in [0.25, 0.3) is 0 Å². The predicted molar refractivity (Wildman–Crippen MR) is 50.3 cm³/mol. The molecule has 0 saturated heterocycles. The molecule has 0 fully saturated rings. The van der Waals surface area contributed by atoms with Gasteiger partial charge >= 0.3 is 0 Å². The second kappa shape index (κ2) is 3.57. The number of hydrogen-bond acceptors (Lipinski definition) is 1. The Hall–Kier alpha value is -1.05. The van der Waals surface area contributed by atoms with Crippen molar-refractivity contribution < 1.29 is 0 Å². The summed E-state index contributed by atoms with van der Waals surface area (Å²) in [6.45, 7) is 6.94. The van der Waals surface area contributed by atoms with Gasteiger partial charge in [0.1, 0.15) is 0 Å². The number of nitrogens with zero attached hydrogens (tertiary/aromatic N) is 1. The highest BCUT2D eigenvalue weighted by molar-refractivity contribution is 5.07. The SMILES string of the molecule is Cc1ccn(CC(C)C)c(=O)c1. The van der Waals surface area contributed by atoms with E-state index < -0.39 is 0 Å². The summed E-state index contributed by atoms with van der Waals surface area (Å²) in [5.74, 6) is 0.519. The van der Waals surface area contributed by atoms with Crippen LogP contribution in [0.15, 0.2) is 23.1 Å². The smallest absolute Gasteiger partial charge is 0.250 e. The van der Waals surface area contributed by atoms with E-state index in [4.69, 9.17) is 0 Å². The molecule has 0 saturated carbocycles. The van der Waals surface area contributed by atoms with E-state index in [9.17, 15) is 4.79 Å². The molecule has 0 aliphatic carbocycles. The van der Waals surface area contributed by atoms with E-state index in [1.54, 1.807) is 10.6 Å². The lowest BCUT2D eigenvalue weighted by Gasteiger charge is -2.07. The summed E-state index contributed by atoms with van der Waals surface area (Å²) in [5, 5.41) is 0. The van der Waals surface area contributed by atoms with Crippen molar-refractivity contribution >= 4 is 0 Å². The molecule has 0 bridgehead atoms. The van der Waals surface area contributed by atoms with Gasteiger partial charge in [0.25, 0.3) is 5.56 Å². The molecule has 0 unspecified atom stereocenters. The Bertz CT molecular complexity index is 312. The van der Waals surface area contributed by atoms with Crippen molar-refractivity contribution in [2.24, 2.45) is 5.92 Å². The van der Waals surface area contributed by atoms with Crippen molar-refractivity contribution in [2.75, 3.05) is 0 Å². The van der Waals surface area contributed by atoms with Crippen LogP contribution in [0.5, 0.6) is 0 Å². The van der Waals surface area contributed by atoms with E-state index in [0.717, 1.165) is 12.1 Å². The summed E-state index contributed by atoms with van der Waals surface area (Å²) in [6.07, 6.45) is 1.86. The molecule has 2 nitrogen and oxygen atoms in total. The molecule has 0 aliphatic heterocycles. The molecule has 1 heterocycles. The molecule has 0 aliphatic rings. The van der Waals surface area contributed by atoms with Crippen LogP contribution in [-0.4, -0.2) is 4.57 Å². The second-order valence-electron chi connectivity index (χ2n) is 3.59. The number of aryl methyl sites for hydroxylation is 1. The minimum Gasteiger partial charge on any atom is -0.315 e. The standard InChI is InChI=1S/C10H15NO/c1-8(2)7-11-5-4-9(3)6-10(11)12/h4-6,8H,7H2,1-3H3. The lowest BCUT2D eigenvalue weighted by Crippen LogP contribution is -2.20. The number of rotatable bonds is 2. The van der Waals surface area contributed by atoms with Crippen LogP contribution in [-0.2, 0) is 6.54 Å². The highest BCUT2D eigenvalue weighted by Gasteiger charge is 1.98. The van der Waals surface area contributed by atoms with Gasteiger partial charge in [-0.25, -0.2) is 0 Å². The first kappa shape index (κ1) is 9.04. The molecule has 66 valence electrons. The normalized spacial score (nSPS) is 10.7. The first-order chi connectivity index (χ1) is 5.59. The predicted octanol–water partition coefficient (Wildman–Crippen LogP) is 1.81. The second-order valence-corrected chi connectivity index (χ2v) is 3.59. The maximum absolute atomic E-state index is 11.3. The molecule has 2 heteroatoms. The van der Waals surface area contributed by atoms with E-state index in [1.807, 2.05) is 19.2 Å². The highest BCUT2D eigenvalue weighted by Crippen LogP contribution is 1.97. The van der Waals surface area contributed by atoms with Gasteiger partial charge in [-0.3, -0.25) is 4.79 Å². The van der Waals surface area contributed by atoms with Crippen LogP contribution in [0.1, 0.15) is 19.4 Å². The minimum atomic E-state index is 0.101. The largest absolute Gasteiger partial charge is 0.315 e. The molecule has 0 amide bonds. The monoisotopic (exact) mass is 165 g/mol. The van der Waals surface area contributed by atoms with E-state index in [0.29, 0.717) is 5.92 Å². The van der Waals surface area contributed by atoms with E-state index in [1.165, 1.54) is 0 Å². The zero-order chi connectivity index (χ0) is 9.14. The first-order valence-corrected chi connectivity index (χ1v) is 4.26. The van der Waals surface area contributed by atoms with Gasteiger partial charge in [-0.15, -0.1) is 0 Å². The maximum atomic E-state index is 11.3. The zero-order valence-corrected chi connectivity index (χ0v) is 7.87. The zero-order valence-electron chi connectivity index (χ0n) is 7.87. The molecule has 0 aromatic carbocycles. The first-order valence-electron chi connectivity index (χ1n) is 4.26. The van der Waals surface area contributed by atoms with Gasteiger partial charge in [0.15, 0.2) is 0 Å². The molecule has 0 spiro atoms. The van der Waals surface area contributed by atoms with Crippen molar-refractivity contribution in [3.63, 3.8) is 0 Å². The molecule has 0 radical (unpaired) electrons. The van der Waals surface area contributed by atoms with Gasteiger partial charge in [0.2, 0.25) is 0 Å². The van der Waals surface area contributed by atoms with Gasteiger partial charge in [0.05, 0.1) is 0 Å². The number of pyridine rings is 1. The Morgan fingerprint density at radius 1 is 1.50 bits per heavy atom. The van der Waals surface area contributed by atoms with Gasteiger partial charge in [-0.1, -0.05) is 13.8 Å². The fourth-order valence-electron chi connectivity index (χ4n) is 1.15. The summed E-state index contributed by atoms with van der Waals surface area (Å²) in [6, 6.07) is 3.63. The van der Waals surface area contributed by atoms with Crippen LogP contribution in [0.4, 0.5) is 0 Å². The van der Waals surface area contributed by atoms with Crippen molar-refractivity contribution in [1.82, 2.24) is 4.57 Å². The van der Waals surface area contributed by atoms with E-state index in [2.05, 4.69) is 13.8 Å². The fourth-order valence-corrected chi connectivity index (χ4v) is 1.15. The Kier molecular flexibility index (Phi) is 2.69. The Morgan fingerprint density at radius 2 is 2.17 bits per heavy atom. The van der Waals surface area contributed by atoms with Gasteiger partial charge in [-0.2, -0.15) is 0 Å². The molecule has 0 atom stereocenters. The molecular weight excluding hydrogens is 150 g/mol. The summed E-state index contributed by atoms with van der Waals surface area (Å²) < 4.78 is 1.75. The third-order valence-electron chi connectivity index (χ3n) is 1.71. The van der Waals surface area contributed by atoms with Crippen molar-refractivity contribution in [3.8, 4) is 0 Å². The molecular formula is C10H15NO. The maximum Gasteiger partial charge on any atom is 0.250 e. The third kappa shape index (κ3) is 2.22. The van der Waals surface area contributed by atoms with Crippen molar-refractivity contribution in [2.45, 2.75) is 27.3 Å². The molecule has 1 aromatic rings. The van der Waals surface area contributed by atoms with Crippen LogP contribution >= 0.6 is 0 Å². The fraction of sp³-hybridized carbons (Fsp3) is 0.500. The van der Waals surface area contributed by atoms with E-state index in [-0.39, 0.29) is 5.56 Å². The van der Waals surface area contributed by atoms with Gasteiger partial charge < -0.3 is 4.57 Å². The molecule has 1 rings (SSSR count). The van der Waals surface area contributed by atoms with E-state index >= 15 is 0 Å². The topological polar surface area (TPSA) is 22.0 Å². The van der Waals surface area contributed by atoms with Gasteiger partial charge in [0, 0.05) is 18.8 Å². The lowest BCUT2D eigenvalue weighted by atomic mass is 10.2. The third-order valence-corrected chi connectivity index (χ3v) is 1.71. The minimum absolute atomic E-state index is 0.101. The lowest BCUT2D eigenvalue weighted by molar-refractivity contribution is 0.510. The van der Waals surface area contributed by atoms with Gasteiger partial charge in [-0.05, 0) is 24.5 Å². The summed E-state index contributed by atoms with van der Waals surface area (Å²) >= 11 is 0. The average Bonchev–Trinajstić information content (AvgIpc) is 1.94. The summed E-state index contributed by atoms with van der Waals surface area (Å²) in [4.78, 5) is 11.3. The number of aromatic nitrogens is 1. The summed E-state index contributed by atoms with van der Waals surface area (Å²) in [5.41, 5.74) is 1.13.